The molecular weight excluding hydrogens is 371 g/mol. The lowest BCUT2D eigenvalue weighted by Crippen LogP contribution is -2.39. The van der Waals surface area contributed by atoms with E-state index in [2.05, 4.69) is 15.6 Å². The van der Waals surface area contributed by atoms with Gasteiger partial charge in [0.2, 0.25) is 0 Å². The Kier molecular flexibility index (Phi) is 4.16. The molecule has 6 nitrogen and oxygen atoms in total. The van der Waals surface area contributed by atoms with Crippen LogP contribution in [0.2, 0.25) is 0 Å². The molecule has 0 spiro atoms. The number of halogens is 1. The molecule has 2 atom stereocenters. The summed E-state index contributed by atoms with van der Waals surface area (Å²) >= 11 is 0. The van der Waals surface area contributed by atoms with Crippen LogP contribution in [0.15, 0.2) is 60.9 Å². The zero-order chi connectivity index (χ0) is 20.0. The quantitative estimate of drug-likeness (QED) is 0.721. The van der Waals surface area contributed by atoms with Crippen molar-refractivity contribution in [2.24, 2.45) is 11.8 Å². The van der Waals surface area contributed by atoms with Crippen molar-refractivity contribution in [3.63, 3.8) is 0 Å². The Labute approximate surface area is 166 Å². The summed E-state index contributed by atoms with van der Waals surface area (Å²) in [5.74, 6) is -0.360. The zero-order valence-corrected chi connectivity index (χ0v) is 15.5. The highest BCUT2D eigenvalue weighted by molar-refractivity contribution is 6.01. The van der Waals surface area contributed by atoms with Crippen LogP contribution in [0.5, 0.6) is 0 Å². The highest BCUT2D eigenvalue weighted by Crippen LogP contribution is 2.46. The molecule has 2 aromatic carbocycles. The second-order valence-electron chi connectivity index (χ2n) is 7.54. The molecule has 146 valence electrons. The Morgan fingerprint density at radius 2 is 1.83 bits per heavy atom. The number of piperidine rings is 1. The normalized spacial score (nSPS) is 22.2. The molecule has 2 aliphatic rings. The van der Waals surface area contributed by atoms with Crippen LogP contribution in [0.4, 0.5) is 14.9 Å². The summed E-state index contributed by atoms with van der Waals surface area (Å²) in [5, 5.41) is 7.79. The van der Waals surface area contributed by atoms with E-state index in [0.717, 1.165) is 16.5 Å². The van der Waals surface area contributed by atoms with Crippen molar-refractivity contribution in [2.75, 3.05) is 18.4 Å². The molecule has 5 rings (SSSR count). The monoisotopic (exact) mass is 390 g/mol. The fraction of sp³-hybridized carbons (Fsp3) is 0.227. The van der Waals surface area contributed by atoms with Crippen molar-refractivity contribution >= 4 is 28.4 Å². The summed E-state index contributed by atoms with van der Waals surface area (Å²) < 4.78 is 13.9. The number of nitrogens with zero attached hydrogens (tertiary/aromatic N) is 2. The predicted octanol–water partition coefficient (Wildman–Crippen LogP) is 3.27. The topological polar surface area (TPSA) is 74.3 Å². The summed E-state index contributed by atoms with van der Waals surface area (Å²) in [6, 6.07) is 13.3. The van der Waals surface area contributed by atoms with E-state index in [0.29, 0.717) is 13.1 Å². The first-order chi connectivity index (χ1) is 14.1. The maximum absolute atomic E-state index is 13.9. The molecule has 2 fully saturated rings. The molecule has 3 amide bonds. The third kappa shape index (κ3) is 3.18. The molecular formula is C22H19FN4O2. The van der Waals surface area contributed by atoms with Gasteiger partial charge in [-0.3, -0.25) is 9.78 Å². The number of hydrogen-bond acceptors (Lipinski definition) is 3. The lowest BCUT2D eigenvalue weighted by Gasteiger charge is -2.20. The Morgan fingerprint density at radius 3 is 2.62 bits per heavy atom. The third-order valence-corrected chi connectivity index (χ3v) is 5.81. The Bertz CT molecular complexity index is 1100. The number of pyridine rings is 1. The lowest BCUT2D eigenvalue weighted by atomic mass is 10.1. The minimum Gasteiger partial charge on any atom is -0.338 e. The van der Waals surface area contributed by atoms with E-state index in [1.807, 2.05) is 24.3 Å². The number of nitrogens with one attached hydrogen (secondary N) is 2. The van der Waals surface area contributed by atoms with Gasteiger partial charge in [-0.05, 0) is 24.3 Å². The van der Waals surface area contributed by atoms with E-state index >= 15 is 0 Å². The van der Waals surface area contributed by atoms with Gasteiger partial charge in [0.25, 0.3) is 5.91 Å². The summed E-state index contributed by atoms with van der Waals surface area (Å²) in [5.41, 5.74) is 0.825. The van der Waals surface area contributed by atoms with Crippen LogP contribution in [0.1, 0.15) is 10.4 Å². The van der Waals surface area contributed by atoms with E-state index in [1.165, 1.54) is 12.1 Å². The molecule has 1 aromatic heterocycles. The molecule has 1 aliphatic carbocycles. The van der Waals surface area contributed by atoms with Crippen molar-refractivity contribution in [3.8, 4) is 0 Å². The number of carbonyl (C=O) groups excluding carboxylic acids is 2. The van der Waals surface area contributed by atoms with Gasteiger partial charge in [0.1, 0.15) is 5.82 Å². The van der Waals surface area contributed by atoms with E-state index in [4.69, 9.17) is 0 Å². The average Bonchev–Trinajstić information content (AvgIpc) is 3.16. The summed E-state index contributed by atoms with van der Waals surface area (Å²) in [6.45, 7) is 1.06. The van der Waals surface area contributed by atoms with Crippen LogP contribution >= 0.6 is 0 Å². The molecule has 1 saturated heterocycles. The van der Waals surface area contributed by atoms with Crippen molar-refractivity contribution in [1.82, 2.24) is 15.2 Å². The molecule has 0 radical (unpaired) electrons. The van der Waals surface area contributed by atoms with E-state index in [9.17, 15) is 14.0 Å². The number of anilines is 1. The summed E-state index contributed by atoms with van der Waals surface area (Å²) in [4.78, 5) is 30.7. The van der Waals surface area contributed by atoms with Crippen molar-refractivity contribution in [3.05, 3.63) is 72.3 Å². The van der Waals surface area contributed by atoms with Crippen molar-refractivity contribution in [1.29, 1.82) is 0 Å². The number of fused-ring (bicyclic) bond motifs is 2. The van der Waals surface area contributed by atoms with Gasteiger partial charge in [0, 0.05) is 54.1 Å². The molecule has 29 heavy (non-hydrogen) atoms. The molecule has 7 heteroatoms. The predicted molar refractivity (Wildman–Crippen MR) is 107 cm³/mol. The first-order valence-electron chi connectivity index (χ1n) is 9.56. The molecule has 3 aromatic rings. The van der Waals surface area contributed by atoms with E-state index in [1.54, 1.807) is 29.4 Å². The molecule has 0 bridgehead atoms. The second-order valence-corrected chi connectivity index (χ2v) is 7.54. The van der Waals surface area contributed by atoms with Gasteiger partial charge >= 0.3 is 6.03 Å². The smallest absolute Gasteiger partial charge is 0.319 e. The van der Waals surface area contributed by atoms with Gasteiger partial charge in [0.15, 0.2) is 0 Å². The van der Waals surface area contributed by atoms with Crippen LogP contribution in [0.3, 0.4) is 0 Å². The first kappa shape index (κ1) is 17.6. The van der Waals surface area contributed by atoms with Gasteiger partial charge in [-0.1, -0.05) is 24.3 Å². The number of aromatic nitrogens is 1. The van der Waals surface area contributed by atoms with Gasteiger partial charge in [-0.15, -0.1) is 0 Å². The number of amides is 3. The van der Waals surface area contributed by atoms with Crippen LogP contribution in [-0.2, 0) is 0 Å². The summed E-state index contributed by atoms with van der Waals surface area (Å²) in [6.07, 6.45) is 3.45. The van der Waals surface area contributed by atoms with Gasteiger partial charge in [0.05, 0.1) is 11.3 Å². The number of hydrogen-bond donors (Lipinski definition) is 2. The number of carbonyl (C=O) groups is 2. The van der Waals surface area contributed by atoms with Gasteiger partial charge < -0.3 is 15.5 Å². The fourth-order valence-corrected chi connectivity index (χ4v) is 4.25. The summed E-state index contributed by atoms with van der Waals surface area (Å²) in [7, 11) is 0. The maximum atomic E-state index is 13.9. The highest BCUT2D eigenvalue weighted by Gasteiger charge is 2.57. The molecule has 1 saturated carbocycles. The maximum Gasteiger partial charge on any atom is 0.319 e. The Morgan fingerprint density at radius 1 is 1.03 bits per heavy atom. The van der Waals surface area contributed by atoms with Crippen LogP contribution in [0.25, 0.3) is 10.8 Å². The molecule has 2 N–H and O–H groups in total. The van der Waals surface area contributed by atoms with Crippen molar-refractivity contribution in [2.45, 2.75) is 6.04 Å². The largest absolute Gasteiger partial charge is 0.338 e. The Balaban J connectivity index is 1.19. The van der Waals surface area contributed by atoms with Crippen molar-refractivity contribution < 1.29 is 14.0 Å². The second kappa shape index (κ2) is 6.84. The Hall–Kier alpha value is -3.48. The van der Waals surface area contributed by atoms with E-state index < -0.39 is 5.82 Å². The fourth-order valence-electron chi connectivity index (χ4n) is 4.25. The van der Waals surface area contributed by atoms with Crippen LogP contribution in [-0.4, -0.2) is 41.0 Å². The lowest BCUT2D eigenvalue weighted by molar-refractivity contribution is 0.0767. The molecule has 1 aliphatic heterocycles. The van der Waals surface area contributed by atoms with Crippen LogP contribution < -0.4 is 10.6 Å². The molecule has 2 heterocycles. The van der Waals surface area contributed by atoms with E-state index in [-0.39, 0.29) is 35.4 Å². The zero-order valence-electron chi connectivity index (χ0n) is 15.5. The number of likely N-dealkylation sites (tertiary alicyclic amines) is 1. The van der Waals surface area contributed by atoms with Gasteiger partial charge in [-0.25, -0.2) is 9.18 Å². The average molecular weight is 390 g/mol. The molecule has 2 unspecified atom stereocenters. The van der Waals surface area contributed by atoms with Crippen LogP contribution in [0, 0.1) is 17.7 Å². The third-order valence-electron chi connectivity index (χ3n) is 5.81. The number of benzene rings is 2. The standard InChI is InChI=1S/C22H19FN4O2/c23-18-6-2-1-5-15(18)21(28)27-11-16-17(12-27)20(16)26-22(29)25-19-7-3-4-13-10-24-9-8-14(13)19/h1-10,16-17,20H,11-12H2,(H2,25,26,29). The minimum atomic E-state index is -0.502. The minimum absolute atomic E-state index is 0.0383. The first-order valence-corrected chi connectivity index (χ1v) is 9.56. The number of urea groups is 1. The SMILES string of the molecule is O=C(Nc1cccc2cnccc12)NC1C2CN(C(=O)c3ccccc3F)CC21. The number of rotatable bonds is 3. The van der Waals surface area contributed by atoms with Gasteiger partial charge in [-0.2, -0.15) is 0 Å². The highest BCUT2D eigenvalue weighted by atomic mass is 19.1.